The van der Waals surface area contributed by atoms with Crippen molar-refractivity contribution in [3.05, 3.63) is 27.2 Å². The van der Waals surface area contributed by atoms with Crippen molar-refractivity contribution in [2.75, 3.05) is 13.2 Å². The topological polar surface area (TPSA) is 63.2 Å². The van der Waals surface area contributed by atoms with E-state index >= 15 is 0 Å². The lowest BCUT2D eigenvalue weighted by Gasteiger charge is -2.08. The monoisotopic (exact) mass is 391 g/mol. The van der Waals surface area contributed by atoms with Crippen molar-refractivity contribution in [3.63, 3.8) is 0 Å². The number of hydrogen-bond donors (Lipinski definition) is 1. The van der Waals surface area contributed by atoms with Crippen LogP contribution in [-0.2, 0) is 9.05 Å². The molecular formula is C10H9BrCl2FNO3S. The number of alkyl halides is 1. The fourth-order valence-electron chi connectivity index (χ4n) is 1.25. The van der Waals surface area contributed by atoms with Gasteiger partial charge in [-0.2, -0.15) is 0 Å². The van der Waals surface area contributed by atoms with Gasteiger partial charge in [0.2, 0.25) is 0 Å². The standard InChI is InChI=1S/C10H9BrCl2FNO3S/c11-7-5-8(12)6(4-9(7)19(13,17)18)10(16)15-3-1-2-14/h4-5H,1-3H2,(H,15,16). The Morgan fingerprint density at radius 1 is 1.42 bits per heavy atom. The zero-order valence-electron chi connectivity index (χ0n) is 9.42. The summed E-state index contributed by atoms with van der Waals surface area (Å²) in [5.74, 6) is -0.590. The van der Waals surface area contributed by atoms with Crippen molar-refractivity contribution in [1.82, 2.24) is 5.32 Å². The first-order valence-corrected chi connectivity index (χ1v) is 8.53. The number of nitrogens with one attached hydrogen (secondary N) is 1. The molecule has 9 heteroatoms. The minimum atomic E-state index is -4.00. The van der Waals surface area contributed by atoms with Crippen molar-refractivity contribution in [3.8, 4) is 0 Å². The van der Waals surface area contributed by atoms with E-state index in [0.29, 0.717) is 0 Å². The van der Waals surface area contributed by atoms with Crippen LogP contribution < -0.4 is 5.32 Å². The molecule has 0 aromatic heterocycles. The SMILES string of the molecule is O=C(NCCCF)c1cc(S(=O)(=O)Cl)c(Br)cc1Cl. The molecule has 0 bridgehead atoms. The molecule has 0 fully saturated rings. The van der Waals surface area contributed by atoms with Crippen LogP contribution in [0.3, 0.4) is 0 Å². The molecule has 1 amide bonds. The molecule has 0 aliphatic heterocycles. The van der Waals surface area contributed by atoms with Crippen LogP contribution in [-0.4, -0.2) is 27.5 Å². The second kappa shape index (κ2) is 6.88. The predicted octanol–water partition coefficient (Wildman–Crippen LogP) is 3.12. The average Bonchev–Trinajstić information content (AvgIpc) is 2.27. The molecule has 1 aromatic rings. The number of rotatable bonds is 5. The van der Waals surface area contributed by atoms with E-state index in [4.69, 9.17) is 22.3 Å². The summed E-state index contributed by atoms with van der Waals surface area (Å²) in [6.45, 7) is -0.430. The van der Waals surface area contributed by atoms with Crippen molar-refractivity contribution < 1.29 is 17.6 Å². The second-order valence-electron chi connectivity index (χ2n) is 3.50. The zero-order chi connectivity index (χ0) is 14.6. The molecule has 0 saturated heterocycles. The van der Waals surface area contributed by atoms with E-state index in [9.17, 15) is 17.6 Å². The van der Waals surface area contributed by atoms with Gasteiger partial charge in [-0.25, -0.2) is 8.42 Å². The third-order valence-corrected chi connectivity index (χ3v) is 4.72. The Bertz CT molecular complexity index is 595. The first-order chi connectivity index (χ1) is 8.77. The minimum Gasteiger partial charge on any atom is -0.352 e. The Morgan fingerprint density at radius 2 is 2.05 bits per heavy atom. The summed E-state index contributed by atoms with van der Waals surface area (Å²) < 4.78 is 34.7. The van der Waals surface area contributed by atoms with Gasteiger partial charge >= 0.3 is 0 Å². The van der Waals surface area contributed by atoms with E-state index in [1.165, 1.54) is 6.07 Å². The van der Waals surface area contributed by atoms with Crippen LogP contribution in [0, 0.1) is 0 Å². The summed E-state index contributed by atoms with van der Waals surface area (Å²) in [6, 6.07) is 2.33. The fourth-order valence-corrected chi connectivity index (χ4v) is 3.83. The van der Waals surface area contributed by atoms with Gasteiger partial charge in [0.05, 0.1) is 22.2 Å². The van der Waals surface area contributed by atoms with Crippen LogP contribution in [0.5, 0.6) is 0 Å². The highest BCUT2D eigenvalue weighted by molar-refractivity contribution is 9.10. The lowest BCUT2D eigenvalue weighted by Crippen LogP contribution is -2.25. The summed E-state index contributed by atoms with van der Waals surface area (Å²) in [5, 5.41) is 2.49. The van der Waals surface area contributed by atoms with Crippen LogP contribution in [0.4, 0.5) is 4.39 Å². The highest BCUT2D eigenvalue weighted by Gasteiger charge is 2.20. The van der Waals surface area contributed by atoms with E-state index in [1.807, 2.05) is 0 Å². The van der Waals surface area contributed by atoms with Gasteiger partial charge in [-0.05, 0) is 34.5 Å². The van der Waals surface area contributed by atoms with E-state index < -0.39 is 21.6 Å². The third kappa shape index (κ3) is 4.59. The van der Waals surface area contributed by atoms with E-state index in [1.54, 1.807) is 0 Å². The predicted molar refractivity (Wildman–Crippen MR) is 75.1 cm³/mol. The van der Waals surface area contributed by atoms with Crippen LogP contribution in [0.15, 0.2) is 21.5 Å². The number of carbonyl (C=O) groups excluding carboxylic acids is 1. The molecule has 1 aromatic carbocycles. The largest absolute Gasteiger partial charge is 0.352 e. The summed E-state index contributed by atoms with van der Waals surface area (Å²) in [7, 11) is 1.23. The lowest BCUT2D eigenvalue weighted by molar-refractivity contribution is 0.0952. The molecule has 19 heavy (non-hydrogen) atoms. The van der Waals surface area contributed by atoms with Gasteiger partial charge in [0.25, 0.3) is 15.0 Å². The van der Waals surface area contributed by atoms with Gasteiger partial charge in [0, 0.05) is 21.7 Å². The van der Waals surface area contributed by atoms with Gasteiger partial charge in [0.1, 0.15) is 0 Å². The Kier molecular flexibility index (Phi) is 6.04. The van der Waals surface area contributed by atoms with E-state index in [2.05, 4.69) is 21.2 Å². The molecule has 0 heterocycles. The maximum absolute atomic E-state index is 11.9. The van der Waals surface area contributed by atoms with Crippen molar-refractivity contribution >= 4 is 53.2 Å². The van der Waals surface area contributed by atoms with Gasteiger partial charge in [0.15, 0.2) is 0 Å². The van der Waals surface area contributed by atoms with Gasteiger partial charge < -0.3 is 5.32 Å². The molecule has 4 nitrogen and oxygen atoms in total. The second-order valence-corrected chi connectivity index (χ2v) is 7.29. The molecule has 1 rings (SSSR count). The molecule has 1 N–H and O–H groups in total. The van der Waals surface area contributed by atoms with Crippen LogP contribution >= 0.6 is 38.2 Å². The molecular weight excluding hydrogens is 384 g/mol. The quantitative estimate of drug-likeness (QED) is 0.618. The van der Waals surface area contributed by atoms with Crippen molar-refractivity contribution in [2.45, 2.75) is 11.3 Å². The molecule has 0 radical (unpaired) electrons. The minimum absolute atomic E-state index is 0.0389. The molecule has 0 aliphatic carbocycles. The number of halogens is 4. The van der Waals surface area contributed by atoms with E-state index in [0.717, 1.165) is 6.07 Å². The maximum Gasteiger partial charge on any atom is 0.262 e. The molecule has 106 valence electrons. The summed E-state index contributed by atoms with van der Waals surface area (Å²) in [4.78, 5) is 11.5. The summed E-state index contributed by atoms with van der Waals surface area (Å²) in [6.07, 6.45) is 0.167. The van der Waals surface area contributed by atoms with Crippen LogP contribution in [0.1, 0.15) is 16.8 Å². The van der Waals surface area contributed by atoms with Gasteiger partial charge in [-0.15, -0.1) is 0 Å². The zero-order valence-corrected chi connectivity index (χ0v) is 13.3. The van der Waals surface area contributed by atoms with Gasteiger partial charge in [-0.3, -0.25) is 9.18 Å². The Labute approximate surface area is 127 Å². The molecule has 0 unspecified atom stereocenters. The normalized spacial score (nSPS) is 11.4. The fraction of sp³-hybridized carbons (Fsp3) is 0.300. The summed E-state index contributed by atoms with van der Waals surface area (Å²) in [5.41, 5.74) is -0.0389. The molecule has 0 aliphatic rings. The van der Waals surface area contributed by atoms with Crippen molar-refractivity contribution in [2.24, 2.45) is 0 Å². The Hall–Kier alpha value is -0.370. The Balaban J connectivity index is 3.11. The highest BCUT2D eigenvalue weighted by atomic mass is 79.9. The smallest absolute Gasteiger partial charge is 0.262 e. The number of carbonyl (C=O) groups is 1. The van der Waals surface area contributed by atoms with E-state index in [-0.39, 0.29) is 32.9 Å². The summed E-state index contributed by atoms with van der Waals surface area (Å²) >= 11 is 8.86. The third-order valence-electron chi connectivity index (χ3n) is 2.12. The first-order valence-electron chi connectivity index (χ1n) is 5.05. The lowest BCUT2D eigenvalue weighted by atomic mass is 10.2. The van der Waals surface area contributed by atoms with Crippen LogP contribution in [0.25, 0.3) is 0 Å². The average molecular weight is 393 g/mol. The number of hydrogen-bond acceptors (Lipinski definition) is 3. The molecule has 0 atom stereocenters. The number of benzene rings is 1. The number of amides is 1. The molecule has 0 saturated carbocycles. The first kappa shape index (κ1) is 16.7. The maximum atomic E-state index is 11.9. The van der Waals surface area contributed by atoms with Gasteiger partial charge in [-0.1, -0.05) is 11.6 Å². The van der Waals surface area contributed by atoms with Crippen molar-refractivity contribution in [1.29, 1.82) is 0 Å². The highest BCUT2D eigenvalue weighted by Crippen LogP contribution is 2.30. The van der Waals surface area contributed by atoms with Crippen LogP contribution in [0.2, 0.25) is 5.02 Å². The molecule has 0 spiro atoms. The Morgan fingerprint density at radius 3 is 2.58 bits per heavy atom.